The Morgan fingerprint density at radius 1 is 0.788 bits per heavy atom. The van der Waals surface area contributed by atoms with Crippen LogP contribution in [-0.4, -0.2) is 29.5 Å². The quantitative estimate of drug-likeness (QED) is 0.164. The molecular weight excluding hydrogens is 650 g/mol. The molecule has 0 saturated carbocycles. The number of aromatic nitrogens is 3. The summed E-state index contributed by atoms with van der Waals surface area (Å²) >= 11 is 0.385. The fraction of sp³-hybridized carbons (Fsp3) is 0.0357. The molecule has 5 heteroatoms. The van der Waals surface area contributed by atoms with Crippen molar-refractivity contribution in [2.75, 3.05) is 0 Å². The van der Waals surface area contributed by atoms with Gasteiger partial charge in [0, 0.05) is 30.4 Å². The van der Waals surface area contributed by atoms with E-state index in [1.165, 1.54) is 25.5 Å². The molecule has 0 atom stereocenters. The molecule has 0 amide bonds. The number of fused-ring (bicyclic) bond motifs is 3. The first-order chi connectivity index (χ1) is 17.0. The van der Waals surface area contributed by atoms with Gasteiger partial charge in [0.1, 0.15) is 0 Å². The van der Waals surface area contributed by atoms with Crippen LogP contribution in [-0.2, 0) is 20.1 Å². The van der Waals surface area contributed by atoms with Crippen LogP contribution < -0.4 is 0 Å². The molecule has 33 heavy (non-hydrogen) atoms. The Morgan fingerprint density at radius 3 is 2.39 bits per heavy atom. The van der Waals surface area contributed by atoms with Gasteiger partial charge in [-0.1, -0.05) is 12.1 Å². The van der Waals surface area contributed by atoms with E-state index in [0.29, 0.717) is 14.5 Å². The van der Waals surface area contributed by atoms with Crippen molar-refractivity contribution in [3.05, 3.63) is 115 Å². The van der Waals surface area contributed by atoms with Crippen molar-refractivity contribution in [2.24, 2.45) is 0 Å². The summed E-state index contributed by atoms with van der Waals surface area (Å²) in [5.41, 5.74) is 3.74. The molecule has 0 unspecified atom stereocenters. The third kappa shape index (κ3) is 5.35. The second-order valence-electron chi connectivity index (χ2n) is 7.04. The van der Waals surface area contributed by atoms with Crippen molar-refractivity contribution in [2.45, 2.75) is 6.85 Å². The van der Waals surface area contributed by atoms with E-state index in [0.717, 1.165) is 22.5 Å². The SMILES string of the molecule is [2H]C([2H])([2H])c1ccc(-c2[c-]cccc2)nc1.[Ir].[c-]1ncccc1-c1cc2c(cn1)[se]c1ccccc12. The predicted molar refractivity (Wildman–Crippen MR) is 132 cm³/mol. The standard InChI is InChI=1S/C16H9N2Se.C12H10N.Ir/c1-2-6-15-12(5-1)13-8-14(18-10-16(13)19-15)11-4-3-7-17-9-11;1-10-7-8-12(13-9-10)11-5-3-2-4-6-11;/h1-8,10H;2-5,7-9H,1H3;/q2*-1;/i;1D3;. The van der Waals surface area contributed by atoms with E-state index >= 15 is 0 Å². The van der Waals surface area contributed by atoms with E-state index in [4.69, 9.17) is 4.11 Å². The van der Waals surface area contributed by atoms with Gasteiger partial charge in [-0.2, -0.15) is 0 Å². The third-order valence-corrected chi connectivity index (χ3v) is 7.25. The van der Waals surface area contributed by atoms with Crippen molar-refractivity contribution >= 4 is 33.8 Å². The summed E-state index contributed by atoms with van der Waals surface area (Å²) in [6.45, 7) is -2.09. The zero-order chi connectivity index (χ0) is 24.3. The molecule has 163 valence electrons. The number of aryl methyl sites for hydroxylation is 1. The molecule has 0 aliphatic carbocycles. The van der Waals surface area contributed by atoms with Gasteiger partial charge in [0.2, 0.25) is 0 Å². The monoisotopic (exact) mass is 673 g/mol. The summed E-state index contributed by atoms with van der Waals surface area (Å²) in [7, 11) is 0. The Labute approximate surface area is 216 Å². The molecule has 4 aromatic heterocycles. The Morgan fingerprint density at radius 2 is 1.64 bits per heavy atom. The molecule has 3 nitrogen and oxygen atoms in total. The van der Waals surface area contributed by atoms with Crippen LogP contribution in [0, 0.1) is 19.1 Å². The summed E-state index contributed by atoms with van der Waals surface area (Å²) in [5, 5.41) is 2.67. The van der Waals surface area contributed by atoms with Crippen LogP contribution in [0.15, 0.2) is 97.5 Å². The molecule has 0 fully saturated rings. The van der Waals surface area contributed by atoms with Crippen LogP contribution in [0.3, 0.4) is 0 Å². The number of hydrogen-bond acceptors (Lipinski definition) is 3. The van der Waals surface area contributed by atoms with E-state index in [9.17, 15) is 0 Å². The van der Waals surface area contributed by atoms with Gasteiger partial charge in [-0.05, 0) is 18.1 Å². The van der Waals surface area contributed by atoms with Crippen LogP contribution in [0.1, 0.15) is 9.68 Å². The topological polar surface area (TPSA) is 38.7 Å². The molecule has 0 spiro atoms. The second kappa shape index (κ2) is 10.8. The molecule has 0 N–H and O–H groups in total. The molecular formula is C28H19IrN3Se-2. The van der Waals surface area contributed by atoms with Crippen molar-refractivity contribution < 1.29 is 24.2 Å². The Bertz CT molecular complexity index is 1570. The van der Waals surface area contributed by atoms with Crippen molar-refractivity contribution in [1.82, 2.24) is 15.0 Å². The molecule has 6 aromatic rings. The van der Waals surface area contributed by atoms with Gasteiger partial charge in [-0.3, -0.25) is 0 Å². The van der Waals surface area contributed by atoms with Gasteiger partial charge in [0.05, 0.1) is 0 Å². The number of nitrogens with zero attached hydrogens (tertiary/aromatic N) is 3. The van der Waals surface area contributed by atoms with Crippen LogP contribution >= 0.6 is 0 Å². The summed E-state index contributed by atoms with van der Waals surface area (Å²) in [4.78, 5) is 12.7. The van der Waals surface area contributed by atoms with Gasteiger partial charge >= 0.3 is 116 Å². The van der Waals surface area contributed by atoms with Crippen molar-refractivity contribution in [1.29, 1.82) is 0 Å². The van der Waals surface area contributed by atoms with E-state index in [1.54, 1.807) is 24.4 Å². The molecule has 2 aromatic carbocycles. The van der Waals surface area contributed by atoms with Gasteiger partial charge in [0.25, 0.3) is 0 Å². The van der Waals surface area contributed by atoms with Gasteiger partial charge in [-0.25, -0.2) is 0 Å². The van der Waals surface area contributed by atoms with Crippen LogP contribution in [0.2, 0.25) is 0 Å². The summed E-state index contributed by atoms with van der Waals surface area (Å²) in [6, 6.07) is 28.5. The molecule has 0 bridgehead atoms. The molecule has 0 aliphatic heterocycles. The van der Waals surface area contributed by atoms with Crippen LogP contribution in [0.25, 0.3) is 41.8 Å². The third-order valence-electron chi connectivity index (χ3n) is 4.90. The van der Waals surface area contributed by atoms with Gasteiger partial charge < -0.3 is 4.98 Å². The summed E-state index contributed by atoms with van der Waals surface area (Å²) in [5.74, 6) is 0. The molecule has 0 saturated heterocycles. The number of pyridine rings is 3. The van der Waals surface area contributed by atoms with Crippen LogP contribution in [0.5, 0.6) is 0 Å². The number of rotatable bonds is 2. The molecule has 4 heterocycles. The fourth-order valence-electron chi connectivity index (χ4n) is 3.35. The van der Waals surface area contributed by atoms with Gasteiger partial charge in [0.15, 0.2) is 0 Å². The van der Waals surface area contributed by atoms with E-state index in [-0.39, 0.29) is 25.7 Å². The second-order valence-corrected chi connectivity index (χ2v) is 9.31. The Hall–Kier alpha value is -2.94. The van der Waals surface area contributed by atoms with Crippen molar-refractivity contribution in [3.8, 4) is 22.5 Å². The average Bonchev–Trinajstić information content (AvgIpc) is 3.28. The normalized spacial score (nSPS) is 12.1. The Balaban J connectivity index is 0.000000167. The van der Waals surface area contributed by atoms with E-state index in [2.05, 4.69) is 57.5 Å². The minimum absolute atomic E-state index is 0. The van der Waals surface area contributed by atoms with E-state index < -0.39 is 6.85 Å². The zero-order valence-electron chi connectivity index (χ0n) is 20.3. The van der Waals surface area contributed by atoms with Gasteiger partial charge in [-0.15, -0.1) is 35.9 Å². The first-order valence-corrected chi connectivity index (χ1v) is 11.7. The first-order valence-electron chi connectivity index (χ1n) is 11.5. The predicted octanol–water partition coefficient (Wildman–Crippen LogP) is 6.16. The summed E-state index contributed by atoms with van der Waals surface area (Å²) < 4.78 is 24.5. The zero-order valence-corrected chi connectivity index (χ0v) is 21.4. The Kier molecular flexibility index (Phi) is 6.38. The summed E-state index contributed by atoms with van der Waals surface area (Å²) in [6.07, 6.45) is 8.12. The first kappa shape index (κ1) is 19.5. The van der Waals surface area contributed by atoms with E-state index in [1.807, 2.05) is 36.5 Å². The molecule has 1 radical (unpaired) electrons. The number of hydrogen-bond donors (Lipinski definition) is 0. The fourth-order valence-corrected chi connectivity index (χ4v) is 5.57. The molecule has 0 aliphatic rings. The minimum atomic E-state index is -2.09. The maximum absolute atomic E-state index is 7.23. The average molecular weight is 672 g/mol. The van der Waals surface area contributed by atoms with Crippen molar-refractivity contribution in [3.63, 3.8) is 0 Å². The van der Waals surface area contributed by atoms with Crippen LogP contribution in [0.4, 0.5) is 0 Å². The number of benzene rings is 2. The molecule has 6 rings (SSSR count). The maximum atomic E-state index is 7.23.